The Morgan fingerprint density at radius 3 is 2.76 bits per heavy atom. The van der Waals surface area contributed by atoms with Gasteiger partial charge in [0.15, 0.2) is 0 Å². The van der Waals surface area contributed by atoms with Gasteiger partial charge >= 0.3 is 0 Å². The first-order valence-electron chi connectivity index (χ1n) is 6.30. The summed E-state index contributed by atoms with van der Waals surface area (Å²) in [5, 5.41) is 11.6. The van der Waals surface area contributed by atoms with Crippen LogP contribution in [0.1, 0.15) is 18.4 Å². The van der Waals surface area contributed by atoms with Gasteiger partial charge < -0.3 is 5.32 Å². The van der Waals surface area contributed by atoms with E-state index in [0.29, 0.717) is 0 Å². The Balaban J connectivity index is 2.22. The van der Waals surface area contributed by atoms with Gasteiger partial charge in [-0.15, -0.1) is 0 Å². The molecule has 1 amide bonds. The van der Waals surface area contributed by atoms with Crippen LogP contribution in [-0.4, -0.2) is 38.3 Å². The van der Waals surface area contributed by atoms with Crippen molar-refractivity contribution in [3.8, 4) is 6.07 Å². The minimum atomic E-state index is -4.10. The Kier molecular flexibility index (Phi) is 4.25. The normalized spacial score (nSPS) is 14.8. The molecule has 0 spiro atoms. The van der Waals surface area contributed by atoms with E-state index in [1.165, 1.54) is 19.2 Å². The summed E-state index contributed by atoms with van der Waals surface area (Å²) in [7, 11) is -2.89. The van der Waals surface area contributed by atoms with E-state index in [1.54, 1.807) is 0 Å². The highest BCUT2D eigenvalue weighted by Gasteiger charge is 2.29. The van der Waals surface area contributed by atoms with Gasteiger partial charge in [-0.3, -0.25) is 4.79 Å². The molecule has 21 heavy (non-hydrogen) atoms. The van der Waals surface area contributed by atoms with Gasteiger partial charge in [-0.25, -0.2) is 12.8 Å². The summed E-state index contributed by atoms with van der Waals surface area (Å²) in [6.07, 6.45) is 1.79. The van der Waals surface area contributed by atoms with E-state index < -0.39 is 32.2 Å². The highest BCUT2D eigenvalue weighted by molar-refractivity contribution is 7.89. The van der Waals surface area contributed by atoms with Gasteiger partial charge in [-0.05, 0) is 25.0 Å². The van der Waals surface area contributed by atoms with Crippen LogP contribution < -0.4 is 5.32 Å². The van der Waals surface area contributed by atoms with Crippen LogP contribution in [0, 0.1) is 17.1 Å². The van der Waals surface area contributed by atoms with Crippen LogP contribution in [0.3, 0.4) is 0 Å². The zero-order valence-electron chi connectivity index (χ0n) is 11.3. The minimum absolute atomic E-state index is 0.123. The summed E-state index contributed by atoms with van der Waals surface area (Å²) in [4.78, 5) is 11.2. The third-order valence-electron chi connectivity index (χ3n) is 3.08. The van der Waals surface area contributed by atoms with Crippen molar-refractivity contribution in [3.05, 3.63) is 29.6 Å². The number of sulfonamides is 1. The van der Waals surface area contributed by atoms with Gasteiger partial charge in [0.1, 0.15) is 22.3 Å². The number of hydrogen-bond acceptors (Lipinski definition) is 4. The molecular formula is C13H14FN3O3S. The van der Waals surface area contributed by atoms with Crippen molar-refractivity contribution < 1.29 is 17.6 Å². The maximum Gasteiger partial charge on any atom is 0.244 e. The van der Waals surface area contributed by atoms with Crippen LogP contribution in [-0.2, 0) is 14.8 Å². The summed E-state index contributed by atoms with van der Waals surface area (Å²) < 4.78 is 39.0. The number of benzene rings is 1. The Hall–Kier alpha value is -1.98. The molecule has 1 aliphatic carbocycles. The lowest BCUT2D eigenvalue weighted by molar-refractivity contribution is -0.121. The minimum Gasteiger partial charge on any atom is -0.352 e. The zero-order valence-corrected chi connectivity index (χ0v) is 12.2. The first-order chi connectivity index (χ1) is 9.86. The summed E-state index contributed by atoms with van der Waals surface area (Å²) in [5.41, 5.74) is -0.549. The van der Waals surface area contributed by atoms with Gasteiger partial charge in [-0.2, -0.15) is 9.57 Å². The fourth-order valence-corrected chi connectivity index (χ4v) is 3.06. The lowest BCUT2D eigenvalue weighted by Gasteiger charge is -2.17. The second kappa shape index (κ2) is 5.79. The molecule has 0 bridgehead atoms. The van der Waals surface area contributed by atoms with Crippen molar-refractivity contribution in [3.63, 3.8) is 0 Å². The van der Waals surface area contributed by atoms with Crippen LogP contribution in [0.2, 0.25) is 0 Å². The Bertz CT molecular complexity index is 708. The number of nitrogens with one attached hydrogen (secondary N) is 1. The molecular weight excluding hydrogens is 297 g/mol. The predicted molar refractivity (Wildman–Crippen MR) is 72.1 cm³/mol. The average molecular weight is 311 g/mol. The molecule has 0 aliphatic heterocycles. The molecule has 1 saturated carbocycles. The summed E-state index contributed by atoms with van der Waals surface area (Å²) in [6.45, 7) is -0.375. The smallest absolute Gasteiger partial charge is 0.244 e. The summed E-state index contributed by atoms with van der Waals surface area (Å²) in [5.74, 6) is -1.33. The molecule has 1 aliphatic rings. The highest BCUT2D eigenvalue weighted by Crippen LogP contribution is 2.22. The van der Waals surface area contributed by atoms with Crippen molar-refractivity contribution in [2.24, 2.45) is 0 Å². The summed E-state index contributed by atoms with van der Waals surface area (Å²) >= 11 is 0. The van der Waals surface area contributed by atoms with Gasteiger partial charge in [0, 0.05) is 13.1 Å². The average Bonchev–Trinajstić information content (AvgIpc) is 3.21. The zero-order chi connectivity index (χ0) is 15.6. The lowest BCUT2D eigenvalue weighted by Crippen LogP contribution is -2.39. The molecule has 0 atom stereocenters. The van der Waals surface area contributed by atoms with Gasteiger partial charge in [-0.1, -0.05) is 6.07 Å². The molecule has 2 rings (SSSR count). The largest absolute Gasteiger partial charge is 0.352 e. The van der Waals surface area contributed by atoms with Crippen LogP contribution >= 0.6 is 0 Å². The van der Waals surface area contributed by atoms with E-state index in [2.05, 4.69) is 5.32 Å². The first kappa shape index (κ1) is 15.4. The number of halogens is 1. The number of carbonyl (C=O) groups is 1. The van der Waals surface area contributed by atoms with E-state index in [4.69, 9.17) is 5.26 Å². The van der Waals surface area contributed by atoms with Crippen molar-refractivity contribution in [1.29, 1.82) is 5.26 Å². The van der Waals surface area contributed by atoms with E-state index in [1.807, 2.05) is 0 Å². The molecule has 0 aromatic heterocycles. The van der Waals surface area contributed by atoms with Crippen molar-refractivity contribution in [2.45, 2.75) is 23.8 Å². The number of carbonyl (C=O) groups excluding carboxylic acids is 1. The SMILES string of the molecule is CN(CC(=O)NC1CC1)S(=O)(=O)c1cccc(F)c1C#N. The quantitative estimate of drug-likeness (QED) is 0.862. The Morgan fingerprint density at radius 1 is 1.52 bits per heavy atom. The first-order valence-corrected chi connectivity index (χ1v) is 7.74. The fraction of sp³-hybridized carbons (Fsp3) is 0.385. The molecule has 0 unspecified atom stereocenters. The van der Waals surface area contributed by atoms with Crippen molar-refractivity contribution >= 4 is 15.9 Å². The second-order valence-electron chi connectivity index (χ2n) is 4.83. The Morgan fingerprint density at radius 2 is 2.19 bits per heavy atom. The number of nitrogens with zero attached hydrogens (tertiary/aromatic N) is 2. The molecule has 6 nitrogen and oxygen atoms in total. The maximum atomic E-state index is 13.5. The van der Waals surface area contributed by atoms with Crippen LogP contribution in [0.4, 0.5) is 4.39 Å². The fourth-order valence-electron chi connectivity index (χ4n) is 1.78. The van der Waals surface area contributed by atoms with Crippen molar-refractivity contribution in [2.75, 3.05) is 13.6 Å². The van der Waals surface area contributed by atoms with Crippen LogP contribution in [0.5, 0.6) is 0 Å². The molecule has 1 N–H and O–H groups in total. The molecule has 1 fully saturated rings. The standard InChI is InChI=1S/C13H14FN3O3S/c1-17(8-13(18)16-9-5-6-9)21(19,20)12-4-2-3-11(14)10(12)7-15/h2-4,9H,5-6,8H2,1H3,(H,16,18). The third-order valence-corrected chi connectivity index (χ3v) is 4.93. The monoisotopic (exact) mass is 311 g/mol. The van der Waals surface area contributed by atoms with Gasteiger partial charge in [0.2, 0.25) is 15.9 Å². The predicted octanol–water partition coefficient (Wildman–Crippen LogP) is 0.596. The molecule has 0 saturated heterocycles. The third kappa shape index (κ3) is 3.37. The number of likely N-dealkylation sites (N-methyl/N-ethyl adjacent to an activating group) is 1. The molecule has 1 aromatic rings. The van der Waals surface area contributed by atoms with Crippen LogP contribution in [0.25, 0.3) is 0 Å². The molecule has 8 heteroatoms. The van der Waals surface area contributed by atoms with Crippen molar-refractivity contribution in [1.82, 2.24) is 9.62 Å². The molecule has 0 heterocycles. The Labute approximate surface area is 122 Å². The number of nitriles is 1. The number of amides is 1. The summed E-state index contributed by atoms with van der Waals surface area (Å²) in [6, 6.07) is 5.03. The van der Waals surface area contributed by atoms with E-state index in [9.17, 15) is 17.6 Å². The molecule has 0 radical (unpaired) electrons. The highest BCUT2D eigenvalue weighted by atomic mass is 32.2. The van der Waals surface area contributed by atoms with Crippen LogP contribution in [0.15, 0.2) is 23.1 Å². The van der Waals surface area contributed by atoms with Gasteiger partial charge in [0.05, 0.1) is 6.54 Å². The van der Waals surface area contributed by atoms with Gasteiger partial charge in [0.25, 0.3) is 0 Å². The topological polar surface area (TPSA) is 90.3 Å². The number of hydrogen-bond donors (Lipinski definition) is 1. The van der Waals surface area contributed by atoms with E-state index in [-0.39, 0.29) is 12.6 Å². The molecule has 1 aromatic carbocycles. The lowest BCUT2D eigenvalue weighted by atomic mass is 10.2. The maximum absolute atomic E-state index is 13.5. The van der Waals surface area contributed by atoms with E-state index >= 15 is 0 Å². The van der Waals surface area contributed by atoms with E-state index in [0.717, 1.165) is 29.3 Å². The number of rotatable bonds is 5. The molecule has 112 valence electrons. The second-order valence-corrected chi connectivity index (χ2v) is 6.84.